The van der Waals surface area contributed by atoms with E-state index in [-0.39, 0.29) is 5.92 Å². The van der Waals surface area contributed by atoms with Crippen molar-refractivity contribution in [2.75, 3.05) is 0 Å². The van der Waals surface area contributed by atoms with E-state index < -0.39 is 0 Å². The second kappa shape index (κ2) is 3.21. The van der Waals surface area contributed by atoms with E-state index in [1.165, 1.54) is 0 Å². The molecule has 0 amide bonds. The Kier molecular flexibility index (Phi) is 2.48. The average Bonchev–Trinajstić information content (AvgIpc) is 2.33. The number of hydrogen-bond donors (Lipinski definition) is 0. The molecule has 1 rings (SSSR count). The average molecular weight is 152 g/mol. The second-order valence-electron chi connectivity index (χ2n) is 3.60. The largest absolute Gasteiger partial charge is 0.299 e. The zero-order chi connectivity index (χ0) is 8.43. The molecule has 0 spiro atoms. The molecule has 0 aromatic rings. The van der Waals surface area contributed by atoms with Gasteiger partial charge in [-0.3, -0.25) is 4.79 Å². The van der Waals surface area contributed by atoms with Gasteiger partial charge in [0.2, 0.25) is 0 Å². The van der Waals surface area contributed by atoms with Crippen LogP contribution in [0.2, 0.25) is 0 Å². The molecule has 0 N–H and O–H groups in total. The van der Waals surface area contributed by atoms with Crippen LogP contribution in [0.3, 0.4) is 0 Å². The van der Waals surface area contributed by atoms with Gasteiger partial charge in [-0.15, -0.1) is 0 Å². The summed E-state index contributed by atoms with van der Waals surface area (Å²) >= 11 is 0. The number of rotatable bonds is 2. The first-order chi connectivity index (χ1) is 5.13. The van der Waals surface area contributed by atoms with Crippen molar-refractivity contribution >= 4 is 5.78 Å². The third-order valence-corrected chi connectivity index (χ3v) is 2.73. The zero-order valence-corrected chi connectivity index (χ0v) is 7.39. The van der Waals surface area contributed by atoms with E-state index in [0.717, 1.165) is 24.8 Å². The van der Waals surface area contributed by atoms with Crippen LogP contribution in [0.4, 0.5) is 0 Å². The SMILES string of the molecule is C=C(C)C(C)C1CCCC1=O. The molecule has 1 fully saturated rings. The van der Waals surface area contributed by atoms with Crippen molar-refractivity contribution < 1.29 is 4.79 Å². The monoisotopic (exact) mass is 152 g/mol. The molecule has 1 nitrogen and oxygen atoms in total. The van der Waals surface area contributed by atoms with Gasteiger partial charge in [0.25, 0.3) is 0 Å². The lowest BCUT2D eigenvalue weighted by Gasteiger charge is -2.16. The molecule has 0 aliphatic heterocycles. The number of allylic oxidation sites excluding steroid dienone is 1. The molecule has 1 aliphatic rings. The number of ketones is 1. The second-order valence-corrected chi connectivity index (χ2v) is 3.60. The molecule has 0 aromatic carbocycles. The van der Waals surface area contributed by atoms with Crippen LogP contribution in [0.1, 0.15) is 33.1 Å². The summed E-state index contributed by atoms with van der Waals surface area (Å²) in [6, 6.07) is 0. The summed E-state index contributed by atoms with van der Waals surface area (Å²) < 4.78 is 0. The van der Waals surface area contributed by atoms with Gasteiger partial charge in [0.05, 0.1) is 0 Å². The Bertz CT molecular complexity index is 181. The summed E-state index contributed by atoms with van der Waals surface area (Å²) in [6.45, 7) is 8.00. The van der Waals surface area contributed by atoms with Crippen LogP contribution < -0.4 is 0 Å². The third-order valence-electron chi connectivity index (χ3n) is 2.73. The van der Waals surface area contributed by atoms with Gasteiger partial charge < -0.3 is 0 Å². The van der Waals surface area contributed by atoms with Crippen LogP contribution in [0.15, 0.2) is 12.2 Å². The first kappa shape index (κ1) is 8.51. The predicted octanol–water partition coefficient (Wildman–Crippen LogP) is 2.57. The molecule has 0 radical (unpaired) electrons. The van der Waals surface area contributed by atoms with Crippen LogP contribution in [0.5, 0.6) is 0 Å². The maximum atomic E-state index is 11.3. The summed E-state index contributed by atoms with van der Waals surface area (Å²) in [5.74, 6) is 1.12. The molecule has 1 saturated carbocycles. The molecular weight excluding hydrogens is 136 g/mol. The van der Waals surface area contributed by atoms with Gasteiger partial charge >= 0.3 is 0 Å². The van der Waals surface area contributed by atoms with Gasteiger partial charge in [-0.2, -0.15) is 0 Å². The minimum absolute atomic E-state index is 0.285. The van der Waals surface area contributed by atoms with Crippen molar-refractivity contribution in [3.63, 3.8) is 0 Å². The smallest absolute Gasteiger partial charge is 0.136 e. The summed E-state index contributed by atoms with van der Waals surface area (Å²) in [4.78, 5) is 11.3. The van der Waals surface area contributed by atoms with Crippen molar-refractivity contribution in [1.82, 2.24) is 0 Å². The number of carbonyl (C=O) groups excluding carboxylic acids is 1. The van der Waals surface area contributed by atoms with Crippen molar-refractivity contribution in [2.45, 2.75) is 33.1 Å². The molecule has 0 bridgehead atoms. The highest BCUT2D eigenvalue weighted by Gasteiger charge is 2.29. The fraction of sp³-hybridized carbons (Fsp3) is 0.700. The van der Waals surface area contributed by atoms with Gasteiger partial charge in [0, 0.05) is 12.3 Å². The molecule has 1 heteroatoms. The van der Waals surface area contributed by atoms with Gasteiger partial charge in [-0.05, 0) is 25.7 Å². The topological polar surface area (TPSA) is 17.1 Å². The lowest BCUT2D eigenvalue weighted by atomic mass is 9.87. The maximum absolute atomic E-state index is 11.3. The Morgan fingerprint density at radius 3 is 2.73 bits per heavy atom. The Balaban J connectivity index is 2.59. The lowest BCUT2D eigenvalue weighted by Crippen LogP contribution is -2.16. The maximum Gasteiger partial charge on any atom is 0.136 e. The first-order valence-corrected chi connectivity index (χ1v) is 4.31. The normalized spacial score (nSPS) is 27.1. The van der Waals surface area contributed by atoms with Crippen molar-refractivity contribution in [3.8, 4) is 0 Å². The standard InChI is InChI=1S/C10H16O/c1-7(2)8(3)9-5-4-6-10(9)11/h8-9H,1,4-6H2,2-3H3. The molecule has 0 heterocycles. The van der Waals surface area contributed by atoms with Crippen LogP contribution >= 0.6 is 0 Å². The fourth-order valence-electron chi connectivity index (χ4n) is 1.71. The number of hydrogen-bond acceptors (Lipinski definition) is 1. The molecule has 62 valence electrons. The van der Waals surface area contributed by atoms with Crippen LogP contribution in [-0.2, 0) is 4.79 Å². The summed E-state index contributed by atoms with van der Waals surface area (Å²) in [5, 5.41) is 0. The molecule has 1 aliphatic carbocycles. The van der Waals surface area contributed by atoms with E-state index in [4.69, 9.17) is 0 Å². The minimum atomic E-state index is 0.285. The molecule has 0 aromatic heterocycles. The van der Waals surface area contributed by atoms with Gasteiger partial charge in [0.15, 0.2) is 0 Å². The molecule has 11 heavy (non-hydrogen) atoms. The predicted molar refractivity (Wildman–Crippen MR) is 46.3 cm³/mol. The summed E-state index contributed by atoms with van der Waals surface area (Å²) in [7, 11) is 0. The van der Waals surface area contributed by atoms with Crippen molar-refractivity contribution in [3.05, 3.63) is 12.2 Å². The van der Waals surface area contributed by atoms with Crippen LogP contribution in [0.25, 0.3) is 0 Å². The van der Waals surface area contributed by atoms with E-state index in [9.17, 15) is 4.79 Å². The van der Waals surface area contributed by atoms with Crippen LogP contribution in [-0.4, -0.2) is 5.78 Å². The fourth-order valence-corrected chi connectivity index (χ4v) is 1.71. The molecular formula is C10H16O. The molecule has 2 unspecified atom stereocenters. The summed E-state index contributed by atoms with van der Waals surface area (Å²) in [5.41, 5.74) is 1.14. The summed E-state index contributed by atoms with van der Waals surface area (Å²) in [6.07, 6.45) is 2.95. The van der Waals surface area contributed by atoms with Crippen molar-refractivity contribution in [1.29, 1.82) is 0 Å². The van der Waals surface area contributed by atoms with E-state index in [0.29, 0.717) is 11.7 Å². The lowest BCUT2D eigenvalue weighted by molar-refractivity contribution is -0.121. The number of carbonyl (C=O) groups is 1. The van der Waals surface area contributed by atoms with Gasteiger partial charge in [-0.25, -0.2) is 0 Å². The molecule has 2 atom stereocenters. The number of Topliss-reactive ketones (excluding diaryl/α,β-unsaturated/α-hetero) is 1. The Morgan fingerprint density at radius 1 is 1.73 bits per heavy atom. The highest BCUT2D eigenvalue weighted by atomic mass is 16.1. The van der Waals surface area contributed by atoms with Gasteiger partial charge in [0.1, 0.15) is 5.78 Å². The van der Waals surface area contributed by atoms with E-state index in [2.05, 4.69) is 13.5 Å². The Labute approximate surface area is 68.5 Å². The highest BCUT2D eigenvalue weighted by Crippen LogP contribution is 2.31. The minimum Gasteiger partial charge on any atom is -0.299 e. The Hall–Kier alpha value is -0.590. The van der Waals surface area contributed by atoms with Crippen molar-refractivity contribution in [2.24, 2.45) is 11.8 Å². The third kappa shape index (κ3) is 1.70. The molecule has 0 saturated heterocycles. The first-order valence-electron chi connectivity index (χ1n) is 4.31. The van der Waals surface area contributed by atoms with E-state index >= 15 is 0 Å². The quantitative estimate of drug-likeness (QED) is 0.556. The Morgan fingerprint density at radius 2 is 2.36 bits per heavy atom. The van der Waals surface area contributed by atoms with Crippen LogP contribution in [0, 0.1) is 11.8 Å². The van der Waals surface area contributed by atoms with E-state index in [1.54, 1.807) is 0 Å². The van der Waals surface area contributed by atoms with Gasteiger partial charge in [-0.1, -0.05) is 19.1 Å². The van der Waals surface area contributed by atoms with E-state index in [1.807, 2.05) is 6.92 Å². The highest BCUT2D eigenvalue weighted by molar-refractivity contribution is 5.83. The zero-order valence-electron chi connectivity index (χ0n) is 7.39.